The zero-order chi connectivity index (χ0) is 14.9. The highest BCUT2D eigenvalue weighted by Crippen LogP contribution is 2.16. The molecule has 21 heavy (non-hydrogen) atoms. The third kappa shape index (κ3) is 2.95. The maximum atomic E-state index is 12.9. The Morgan fingerprint density at radius 3 is 2.81 bits per heavy atom. The minimum absolute atomic E-state index is 0. The van der Waals surface area contributed by atoms with Crippen molar-refractivity contribution in [2.75, 3.05) is 6.26 Å². The van der Waals surface area contributed by atoms with Gasteiger partial charge in [-0.1, -0.05) is 6.07 Å². The van der Waals surface area contributed by atoms with Crippen LogP contribution in [-0.2, 0) is 16.3 Å². The minimum Gasteiger partial charge on any atom is -0.345 e. The Bertz CT molecular complexity index is 899. The van der Waals surface area contributed by atoms with Gasteiger partial charge in [0.25, 0.3) is 0 Å². The molecule has 0 aliphatic carbocycles. The molecule has 110 valence electrons. The Hall–Kier alpha value is -2.21. The van der Waals surface area contributed by atoms with Gasteiger partial charge < -0.3 is 4.98 Å². The quantitative estimate of drug-likeness (QED) is 0.803. The number of aromatic amines is 1. The van der Waals surface area contributed by atoms with Crippen LogP contribution in [0.1, 0.15) is 6.99 Å². The van der Waals surface area contributed by atoms with Crippen molar-refractivity contribution in [3.8, 4) is 0 Å². The Morgan fingerprint density at radius 1 is 1.29 bits per heavy atom. The molecule has 0 saturated carbocycles. The van der Waals surface area contributed by atoms with E-state index in [1.54, 1.807) is 12.6 Å². The molecule has 0 spiro atoms. The van der Waals surface area contributed by atoms with Gasteiger partial charge in [-0.3, -0.25) is 0 Å². The van der Waals surface area contributed by atoms with Crippen molar-refractivity contribution in [1.29, 1.82) is 0 Å². The van der Waals surface area contributed by atoms with Crippen LogP contribution in [0, 0.1) is 5.82 Å². The van der Waals surface area contributed by atoms with Crippen LogP contribution in [-0.4, -0.2) is 20.4 Å². The number of benzene rings is 2. The first kappa shape index (κ1) is 13.8. The van der Waals surface area contributed by atoms with E-state index in [4.69, 9.17) is 0 Å². The fraction of sp³-hybridized carbons (Fsp3) is 0.133. The van der Waals surface area contributed by atoms with E-state index in [2.05, 4.69) is 14.3 Å². The van der Waals surface area contributed by atoms with Gasteiger partial charge in [-0.2, -0.15) is 0 Å². The predicted molar refractivity (Wildman–Crippen MR) is 83.1 cm³/mol. The van der Waals surface area contributed by atoms with Crippen LogP contribution in [0.4, 0.5) is 4.39 Å². The molecule has 1 N–H and O–H groups in total. The van der Waals surface area contributed by atoms with E-state index in [0.29, 0.717) is 11.4 Å². The summed E-state index contributed by atoms with van der Waals surface area (Å²) in [5, 5.41) is 0. The lowest BCUT2D eigenvalue weighted by atomic mass is 10.2. The van der Waals surface area contributed by atoms with Crippen molar-refractivity contribution in [3.63, 3.8) is 0 Å². The molecule has 0 saturated heterocycles. The molecule has 1 atom stereocenters. The van der Waals surface area contributed by atoms with E-state index in [0.717, 1.165) is 16.6 Å². The van der Waals surface area contributed by atoms with Crippen LogP contribution in [0.25, 0.3) is 11.0 Å². The Labute approximate surface area is 123 Å². The van der Waals surface area contributed by atoms with Crippen LogP contribution < -0.4 is 0 Å². The maximum Gasteiger partial charge on any atom is 0.123 e. The summed E-state index contributed by atoms with van der Waals surface area (Å²) in [7, 11) is -2.53. The van der Waals surface area contributed by atoms with Crippen molar-refractivity contribution in [3.05, 3.63) is 60.2 Å². The third-order valence-electron chi connectivity index (χ3n) is 3.23. The highest BCUT2D eigenvalue weighted by Gasteiger charge is 2.06. The smallest absolute Gasteiger partial charge is 0.123 e. The summed E-state index contributed by atoms with van der Waals surface area (Å²) < 4.78 is 29.8. The summed E-state index contributed by atoms with van der Waals surface area (Å²) in [6.07, 6.45) is 3.20. The third-order valence-corrected chi connectivity index (χ3v) is 5.00. The summed E-state index contributed by atoms with van der Waals surface area (Å²) in [6, 6.07) is 11.4. The van der Waals surface area contributed by atoms with Gasteiger partial charge in [0.15, 0.2) is 0 Å². The molecule has 0 radical (unpaired) electrons. The second kappa shape index (κ2) is 5.29. The van der Waals surface area contributed by atoms with Crippen LogP contribution in [0.2, 0.25) is 0 Å². The lowest BCUT2D eigenvalue weighted by molar-refractivity contribution is 0.626. The SMILES string of the molecule is CS(=O)(=NCc1ccc2nc[nH]c2c1)c1ccc(F)cc1.[HH]. The van der Waals surface area contributed by atoms with Crippen LogP contribution >= 0.6 is 0 Å². The van der Waals surface area contributed by atoms with E-state index in [1.807, 2.05) is 18.2 Å². The summed E-state index contributed by atoms with van der Waals surface area (Å²) in [5.41, 5.74) is 2.75. The van der Waals surface area contributed by atoms with Crippen molar-refractivity contribution in [2.45, 2.75) is 11.4 Å². The fourth-order valence-electron chi connectivity index (χ4n) is 2.04. The largest absolute Gasteiger partial charge is 0.345 e. The standard InChI is InChI=1S/C15H14FN3OS.H2/c1-21(20,13-5-3-12(16)4-6-13)19-9-11-2-7-14-15(8-11)18-10-17-14;/h2-8,10H,9H2,1H3,(H,17,18);1H. The number of hydrogen-bond donors (Lipinski definition) is 1. The van der Waals surface area contributed by atoms with Gasteiger partial charge in [0.05, 0.1) is 33.6 Å². The van der Waals surface area contributed by atoms with E-state index in [1.165, 1.54) is 24.3 Å². The first-order chi connectivity index (χ1) is 10.0. The van der Waals surface area contributed by atoms with Crippen molar-refractivity contribution >= 4 is 20.8 Å². The van der Waals surface area contributed by atoms with Crippen molar-refractivity contribution in [1.82, 2.24) is 9.97 Å². The van der Waals surface area contributed by atoms with Gasteiger partial charge in [-0.15, -0.1) is 0 Å². The zero-order valence-electron chi connectivity index (χ0n) is 11.4. The number of halogens is 1. The minimum atomic E-state index is -2.53. The molecule has 0 bridgehead atoms. The number of nitrogens with one attached hydrogen (secondary N) is 1. The van der Waals surface area contributed by atoms with E-state index in [-0.39, 0.29) is 7.24 Å². The van der Waals surface area contributed by atoms with E-state index in [9.17, 15) is 8.60 Å². The second-order valence-corrected chi connectivity index (χ2v) is 7.13. The normalized spacial score (nSPS) is 14.0. The van der Waals surface area contributed by atoms with Gasteiger partial charge >= 0.3 is 0 Å². The number of aromatic nitrogens is 2. The van der Waals surface area contributed by atoms with Crippen LogP contribution in [0.5, 0.6) is 0 Å². The molecule has 0 aliphatic rings. The van der Waals surface area contributed by atoms with Gasteiger partial charge in [-0.05, 0) is 42.0 Å². The molecule has 3 rings (SSSR count). The predicted octanol–water partition coefficient (Wildman–Crippen LogP) is 3.60. The molecule has 0 amide bonds. The van der Waals surface area contributed by atoms with E-state index < -0.39 is 9.73 Å². The summed E-state index contributed by atoms with van der Waals surface area (Å²) in [6.45, 7) is 0.335. The zero-order valence-corrected chi connectivity index (χ0v) is 12.2. The first-order valence-electron chi connectivity index (χ1n) is 6.40. The van der Waals surface area contributed by atoms with Gasteiger partial charge in [0, 0.05) is 12.6 Å². The molecule has 4 nitrogen and oxygen atoms in total. The number of fused-ring (bicyclic) bond motifs is 1. The number of imidazole rings is 1. The molecule has 6 heteroatoms. The lowest BCUT2D eigenvalue weighted by Crippen LogP contribution is -1.98. The summed E-state index contributed by atoms with van der Waals surface area (Å²) in [4.78, 5) is 7.71. The number of H-pyrrole nitrogens is 1. The molecular formula is C15H16FN3OS. The maximum absolute atomic E-state index is 12.9. The molecule has 0 aliphatic heterocycles. The highest BCUT2D eigenvalue weighted by molar-refractivity contribution is 7.93. The lowest BCUT2D eigenvalue weighted by Gasteiger charge is -2.05. The molecule has 1 unspecified atom stereocenters. The summed E-state index contributed by atoms with van der Waals surface area (Å²) in [5.74, 6) is -0.348. The summed E-state index contributed by atoms with van der Waals surface area (Å²) >= 11 is 0. The molecule has 0 fully saturated rings. The van der Waals surface area contributed by atoms with Crippen molar-refractivity contribution < 1.29 is 10.0 Å². The first-order valence-corrected chi connectivity index (χ1v) is 8.32. The number of nitrogens with zero attached hydrogens (tertiary/aromatic N) is 2. The fourth-order valence-corrected chi connectivity index (χ4v) is 3.23. The Morgan fingerprint density at radius 2 is 2.05 bits per heavy atom. The van der Waals surface area contributed by atoms with Gasteiger partial charge in [-0.25, -0.2) is 17.9 Å². The van der Waals surface area contributed by atoms with E-state index >= 15 is 0 Å². The van der Waals surface area contributed by atoms with Crippen LogP contribution in [0.3, 0.4) is 0 Å². The topological polar surface area (TPSA) is 58.1 Å². The Kier molecular flexibility index (Phi) is 3.47. The molecule has 1 heterocycles. The highest BCUT2D eigenvalue weighted by atomic mass is 32.2. The number of hydrogen-bond acceptors (Lipinski definition) is 3. The Balaban J connectivity index is 0.00000176. The molecular weight excluding hydrogens is 289 g/mol. The van der Waals surface area contributed by atoms with Crippen molar-refractivity contribution in [2.24, 2.45) is 4.36 Å². The number of rotatable bonds is 3. The molecule has 2 aromatic carbocycles. The molecule has 3 aromatic rings. The molecule has 1 aromatic heterocycles. The second-order valence-electron chi connectivity index (χ2n) is 4.80. The van der Waals surface area contributed by atoms with Gasteiger partial charge in [0.2, 0.25) is 0 Å². The average Bonchev–Trinajstić information content (AvgIpc) is 2.93. The van der Waals surface area contributed by atoms with Gasteiger partial charge in [0.1, 0.15) is 5.82 Å². The van der Waals surface area contributed by atoms with Crippen LogP contribution in [0.15, 0.2) is 58.1 Å². The average molecular weight is 305 g/mol. The monoisotopic (exact) mass is 305 g/mol.